The fourth-order valence-electron chi connectivity index (χ4n) is 6.16. The summed E-state index contributed by atoms with van der Waals surface area (Å²) in [4.78, 5) is 29.8. The molecule has 6 heteroatoms. The van der Waals surface area contributed by atoms with Gasteiger partial charge in [0.15, 0.2) is 0 Å². The SMILES string of the molecule is O=C(CCn1cnc2sccc2c1=O)NCC12CC3CC(CC(C3)C1)C2. The van der Waals surface area contributed by atoms with E-state index in [0.29, 0.717) is 23.8 Å². The van der Waals surface area contributed by atoms with E-state index in [4.69, 9.17) is 0 Å². The van der Waals surface area contributed by atoms with Gasteiger partial charge in [0, 0.05) is 19.5 Å². The molecule has 5 nitrogen and oxygen atoms in total. The predicted molar refractivity (Wildman–Crippen MR) is 102 cm³/mol. The van der Waals surface area contributed by atoms with E-state index in [9.17, 15) is 9.59 Å². The molecule has 4 aliphatic carbocycles. The molecule has 6 rings (SSSR count). The van der Waals surface area contributed by atoms with Gasteiger partial charge in [-0.2, -0.15) is 0 Å². The highest BCUT2D eigenvalue weighted by Crippen LogP contribution is 2.59. The summed E-state index contributed by atoms with van der Waals surface area (Å²) in [5, 5.41) is 5.71. The number of carbonyl (C=O) groups excluding carboxylic acids is 1. The van der Waals surface area contributed by atoms with E-state index in [1.54, 1.807) is 17.0 Å². The molecule has 0 aliphatic heterocycles. The number of hydrogen-bond donors (Lipinski definition) is 1. The molecule has 4 saturated carbocycles. The maximum Gasteiger partial charge on any atom is 0.262 e. The van der Waals surface area contributed by atoms with Crippen molar-refractivity contribution in [3.05, 3.63) is 28.1 Å². The summed E-state index contributed by atoms with van der Waals surface area (Å²) in [6.07, 6.45) is 10.1. The molecular weight excluding hydrogens is 346 g/mol. The van der Waals surface area contributed by atoms with Crippen molar-refractivity contribution in [2.75, 3.05) is 6.54 Å². The van der Waals surface area contributed by atoms with E-state index in [-0.39, 0.29) is 11.5 Å². The van der Waals surface area contributed by atoms with Gasteiger partial charge in [0.25, 0.3) is 5.56 Å². The zero-order valence-corrected chi connectivity index (χ0v) is 15.8. The molecule has 26 heavy (non-hydrogen) atoms. The minimum Gasteiger partial charge on any atom is -0.355 e. The Kier molecular flexibility index (Phi) is 3.92. The first-order chi connectivity index (χ1) is 12.6. The molecular formula is C20H25N3O2S. The van der Waals surface area contributed by atoms with Crippen LogP contribution in [0.2, 0.25) is 0 Å². The normalized spacial score (nSPS) is 32.2. The Balaban J connectivity index is 1.19. The first-order valence-corrected chi connectivity index (χ1v) is 10.7. The van der Waals surface area contributed by atoms with Crippen molar-refractivity contribution < 1.29 is 4.79 Å². The van der Waals surface area contributed by atoms with Gasteiger partial charge in [0.2, 0.25) is 5.91 Å². The van der Waals surface area contributed by atoms with Crippen molar-refractivity contribution in [2.45, 2.75) is 51.5 Å². The summed E-state index contributed by atoms with van der Waals surface area (Å²) in [7, 11) is 0. The number of rotatable bonds is 5. The highest BCUT2D eigenvalue weighted by atomic mass is 32.1. The van der Waals surface area contributed by atoms with Crippen molar-refractivity contribution in [1.29, 1.82) is 0 Å². The van der Waals surface area contributed by atoms with E-state index in [0.717, 1.165) is 29.1 Å². The van der Waals surface area contributed by atoms with E-state index in [1.807, 2.05) is 5.38 Å². The zero-order chi connectivity index (χ0) is 17.7. The number of carbonyl (C=O) groups is 1. The van der Waals surface area contributed by atoms with E-state index in [1.165, 1.54) is 49.9 Å². The van der Waals surface area contributed by atoms with Gasteiger partial charge in [-0.3, -0.25) is 14.2 Å². The molecule has 1 amide bonds. The molecule has 138 valence electrons. The van der Waals surface area contributed by atoms with Crippen LogP contribution in [0.3, 0.4) is 0 Å². The van der Waals surface area contributed by atoms with Crippen LogP contribution in [0.4, 0.5) is 0 Å². The standard InChI is InChI=1S/C20H25N3O2S/c24-17(1-3-23-12-22-18-16(19(23)25)2-4-26-18)21-11-20-8-13-5-14(9-20)7-15(6-13)10-20/h2,4,12-15H,1,3,5-11H2,(H,21,24). The maximum atomic E-state index is 12.4. The monoisotopic (exact) mass is 371 g/mol. The summed E-state index contributed by atoms with van der Waals surface area (Å²) in [6, 6.07) is 1.80. The summed E-state index contributed by atoms with van der Waals surface area (Å²) in [5.74, 6) is 2.76. The second-order valence-corrected chi connectivity index (χ2v) is 9.72. The number of aromatic nitrogens is 2. The minimum atomic E-state index is -0.0508. The zero-order valence-electron chi connectivity index (χ0n) is 14.9. The first kappa shape index (κ1) is 16.5. The second-order valence-electron chi connectivity index (χ2n) is 8.83. The Hall–Kier alpha value is -1.69. The molecule has 1 N–H and O–H groups in total. The average Bonchev–Trinajstić information content (AvgIpc) is 3.08. The molecule has 0 spiro atoms. The second kappa shape index (κ2) is 6.19. The largest absolute Gasteiger partial charge is 0.355 e. The summed E-state index contributed by atoms with van der Waals surface area (Å²) in [6.45, 7) is 1.22. The molecule has 0 saturated heterocycles. The Morgan fingerprint density at radius 2 is 1.92 bits per heavy atom. The average molecular weight is 372 g/mol. The van der Waals surface area contributed by atoms with Crippen molar-refractivity contribution in [2.24, 2.45) is 23.2 Å². The Morgan fingerprint density at radius 3 is 2.62 bits per heavy atom. The number of fused-ring (bicyclic) bond motifs is 1. The lowest BCUT2D eigenvalue weighted by atomic mass is 9.49. The highest BCUT2D eigenvalue weighted by Gasteiger charge is 2.50. The third-order valence-electron chi connectivity index (χ3n) is 6.86. The van der Waals surface area contributed by atoms with Crippen LogP contribution in [0.25, 0.3) is 10.2 Å². The van der Waals surface area contributed by atoms with Gasteiger partial charge >= 0.3 is 0 Å². The fraction of sp³-hybridized carbons (Fsp3) is 0.650. The number of nitrogens with zero attached hydrogens (tertiary/aromatic N) is 2. The molecule has 0 atom stereocenters. The van der Waals surface area contributed by atoms with Crippen LogP contribution < -0.4 is 10.9 Å². The molecule has 0 unspecified atom stereocenters. The van der Waals surface area contributed by atoms with Crippen LogP contribution in [0, 0.1) is 23.2 Å². The van der Waals surface area contributed by atoms with Gasteiger partial charge in [0.1, 0.15) is 4.83 Å². The van der Waals surface area contributed by atoms with Crippen LogP contribution in [-0.4, -0.2) is 22.0 Å². The highest BCUT2D eigenvalue weighted by molar-refractivity contribution is 7.16. The minimum absolute atomic E-state index is 0.0508. The molecule has 4 fully saturated rings. The third-order valence-corrected chi connectivity index (χ3v) is 7.68. The van der Waals surface area contributed by atoms with Gasteiger partial charge in [-0.25, -0.2) is 4.98 Å². The Morgan fingerprint density at radius 1 is 1.23 bits per heavy atom. The van der Waals surface area contributed by atoms with Crippen LogP contribution in [-0.2, 0) is 11.3 Å². The topological polar surface area (TPSA) is 64.0 Å². The molecule has 2 aromatic heterocycles. The number of aryl methyl sites for hydroxylation is 1. The van der Waals surface area contributed by atoms with Crippen molar-refractivity contribution in [1.82, 2.24) is 14.9 Å². The van der Waals surface area contributed by atoms with Gasteiger partial charge in [-0.1, -0.05) is 0 Å². The van der Waals surface area contributed by atoms with Gasteiger partial charge in [-0.15, -0.1) is 11.3 Å². The van der Waals surface area contributed by atoms with Crippen molar-refractivity contribution in [3.63, 3.8) is 0 Å². The lowest BCUT2D eigenvalue weighted by Crippen LogP contribution is -2.51. The maximum absolute atomic E-state index is 12.4. The molecule has 2 aromatic rings. The summed E-state index contributed by atoms with van der Waals surface area (Å²) < 4.78 is 1.55. The van der Waals surface area contributed by atoms with Crippen LogP contribution in [0.5, 0.6) is 0 Å². The molecule has 0 aromatic carbocycles. The Labute approximate surface area is 156 Å². The summed E-state index contributed by atoms with van der Waals surface area (Å²) in [5.41, 5.74) is 0.309. The van der Waals surface area contributed by atoms with Crippen LogP contribution >= 0.6 is 11.3 Å². The molecule has 2 heterocycles. The van der Waals surface area contributed by atoms with Crippen LogP contribution in [0.1, 0.15) is 44.9 Å². The lowest BCUT2D eigenvalue weighted by molar-refractivity contribution is -0.123. The molecule has 0 radical (unpaired) electrons. The van der Waals surface area contributed by atoms with Crippen molar-refractivity contribution in [3.8, 4) is 0 Å². The third kappa shape index (κ3) is 2.88. The fourth-order valence-corrected chi connectivity index (χ4v) is 6.88. The quantitative estimate of drug-likeness (QED) is 0.878. The van der Waals surface area contributed by atoms with Gasteiger partial charge in [-0.05, 0) is 73.1 Å². The Bertz CT molecular complexity index is 865. The first-order valence-electron chi connectivity index (χ1n) is 9.80. The number of nitrogens with one attached hydrogen (secondary N) is 1. The van der Waals surface area contributed by atoms with E-state index >= 15 is 0 Å². The van der Waals surface area contributed by atoms with E-state index in [2.05, 4.69) is 10.3 Å². The molecule has 4 aliphatic rings. The predicted octanol–water partition coefficient (Wildman–Crippen LogP) is 3.18. The van der Waals surface area contributed by atoms with Gasteiger partial charge in [0.05, 0.1) is 11.7 Å². The van der Waals surface area contributed by atoms with E-state index < -0.39 is 0 Å². The van der Waals surface area contributed by atoms with Crippen LogP contribution in [0.15, 0.2) is 22.6 Å². The van der Waals surface area contributed by atoms with Gasteiger partial charge < -0.3 is 5.32 Å². The number of amides is 1. The number of thiophene rings is 1. The smallest absolute Gasteiger partial charge is 0.262 e. The summed E-state index contributed by atoms with van der Waals surface area (Å²) >= 11 is 1.47. The molecule has 4 bridgehead atoms. The van der Waals surface area contributed by atoms with Crippen molar-refractivity contribution >= 4 is 27.5 Å². The lowest BCUT2D eigenvalue weighted by Gasteiger charge is -2.56. The number of hydrogen-bond acceptors (Lipinski definition) is 4.